The first-order valence-electron chi connectivity index (χ1n) is 8.75. The summed E-state index contributed by atoms with van der Waals surface area (Å²) >= 11 is 0. The smallest absolute Gasteiger partial charge is 0.335 e. The molecule has 0 aliphatic carbocycles. The summed E-state index contributed by atoms with van der Waals surface area (Å²) in [6, 6.07) is 12.6. The number of nitrogens with one attached hydrogen (secondary N) is 1. The van der Waals surface area contributed by atoms with E-state index >= 15 is 0 Å². The molecule has 1 heterocycles. The summed E-state index contributed by atoms with van der Waals surface area (Å²) < 4.78 is 5.02. The Kier molecular flexibility index (Phi) is 5.44. The van der Waals surface area contributed by atoms with Gasteiger partial charge in [0.1, 0.15) is 5.75 Å². The average Bonchev–Trinajstić information content (AvgIpc) is 2.67. The average molecular weight is 381 g/mol. The minimum absolute atomic E-state index is 0.0369. The number of esters is 1. The first kappa shape index (κ1) is 19.2. The number of carboxylic acids is 1. The van der Waals surface area contributed by atoms with Crippen LogP contribution in [0.5, 0.6) is 5.75 Å². The largest absolute Gasteiger partial charge is 0.507 e. The molecule has 144 valence electrons. The van der Waals surface area contributed by atoms with E-state index in [1.807, 2.05) is 0 Å². The standard InChI is InChI=1S/C21H19NO6/c1-2-28-17(23)11-15(12-7-9-13(10-8-12)21(26)27)18-19(24)14-5-3-4-6-16(14)22-20(18)25/h3-10,15H,2,11H2,1H3,(H,26,27)(H2,22,24,25)/t15-/m0/s1. The fraction of sp³-hybridized carbons (Fsp3) is 0.190. The van der Waals surface area contributed by atoms with Crippen molar-refractivity contribution in [1.82, 2.24) is 4.98 Å². The van der Waals surface area contributed by atoms with Gasteiger partial charge in [0.2, 0.25) is 0 Å². The molecule has 3 N–H and O–H groups in total. The molecule has 0 saturated carbocycles. The predicted octanol–water partition coefficient (Wildman–Crippen LogP) is 3.02. The molecule has 0 aliphatic heterocycles. The Hall–Kier alpha value is -3.61. The van der Waals surface area contributed by atoms with Crippen LogP contribution in [0.15, 0.2) is 53.3 Å². The zero-order chi connectivity index (χ0) is 20.3. The summed E-state index contributed by atoms with van der Waals surface area (Å²) in [7, 11) is 0. The molecular weight excluding hydrogens is 362 g/mol. The van der Waals surface area contributed by atoms with Crippen LogP contribution < -0.4 is 5.56 Å². The quantitative estimate of drug-likeness (QED) is 0.565. The van der Waals surface area contributed by atoms with Crippen molar-refractivity contribution < 1.29 is 24.5 Å². The molecule has 7 nitrogen and oxygen atoms in total. The predicted molar refractivity (Wildman–Crippen MR) is 103 cm³/mol. The molecule has 2 aromatic carbocycles. The number of H-pyrrole nitrogens is 1. The molecule has 28 heavy (non-hydrogen) atoms. The van der Waals surface area contributed by atoms with Crippen molar-refractivity contribution in [3.05, 3.63) is 75.6 Å². The van der Waals surface area contributed by atoms with E-state index in [0.717, 1.165) is 0 Å². The van der Waals surface area contributed by atoms with Gasteiger partial charge in [-0.25, -0.2) is 4.79 Å². The Morgan fingerprint density at radius 2 is 1.79 bits per heavy atom. The third kappa shape index (κ3) is 3.73. The Bertz CT molecular complexity index is 1080. The molecule has 0 saturated heterocycles. The molecule has 1 atom stereocenters. The van der Waals surface area contributed by atoms with Gasteiger partial charge in [-0.1, -0.05) is 24.3 Å². The molecule has 0 aliphatic rings. The second kappa shape index (κ2) is 7.96. The molecule has 0 bridgehead atoms. The Morgan fingerprint density at radius 3 is 2.43 bits per heavy atom. The lowest BCUT2D eigenvalue weighted by atomic mass is 9.87. The zero-order valence-electron chi connectivity index (χ0n) is 15.1. The lowest BCUT2D eigenvalue weighted by Crippen LogP contribution is -2.21. The maximum Gasteiger partial charge on any atom is 0.335 e. The fourth-order valence-corrected chi connectivity index (χ4v) is 3.20. The van der Waals surface area contributed by atoms with E-state index in [1.54, 1.807) is 31.2 Å². The lowest BCUT2D eigenvalue weighted by molar-refractivity contribution is -0.143. The zero-order valence-corrected chi connectivity index (χ0v) is 15.1. The van der Waals surface area contributed by atoms with Crippen LogP contribution in [0.4, 0.5) is 0 Å². The number of hydrogen-bond acceptors (Lipinski definition) is 5. The third-order valence-electron chi connectivity index (χ3n) is 4.51. The van der Waals surface area contributed by atoms with Crippen molar-refractivity contribution in [2.24, 2.45) is 0 Å². The van der Waals surface area contributed by atoms with Gasteiger partial charge in [0.25, 0.3) is 5.56 Å². The number of para-hydroxylation sites is 1. The van der Waals surface area contributed by atoms with E-state index in [-0.39, 0.29) is 29.9 Å². The minimum atomic E-state index is -1.08. The number of benzene rings is 2. The molecular formula is C21H19NO6. The van der Waals surface area contributed by atoms with Gasteiger partial charge in [-0.2, -0.15) is 0 Å². The summed E-state index contributed by atoms with van der Waals surface area (Å²) in [5.74, 6) is -2.62. The highest BCUT2D eigenvalue weighted by atomic mass is 16.5. The first-order valence-corrected chi connectivity index (χ1v) is 8.75. The van der Waals surface area contributed by atoms with Crippen molar-refractivity contribution in [2.75, 3.05) is 6.61 Å². The monoisotopic (exact) mass is 381 g/mol. The molecule has 3 rings (SSSR count). The van der Waals surface area contributed by atoms with E-state index in [9.17, 15) is 19.5 Å². The highest BCUT2D eigenvalue weighted by molar-refractivity contribution is 5.88. The van der Waals surface area contributed by atoms with Crippen LogP contribution in [-0.4, -0.2) is 33.7 Å². The fourth-order valence-electron chi connectivity index (χ4n) is 3.20. The number of carboxylic acid groups (broad SMARTS) is 1. The third-order valence-corrected chi connectivity index (χ3v) is 4.51. The van der Waals surface area contributed by atoms with Crippen LogP contribution in [0.25, 0.3) is 10.9 Å². The number of pyridine rings is 1. The van der Waals surface area contributed by atoms with Crippen LogP contribution in [-0.2, 0) is 9.53 Å². The Labute approximate surface area is 160 Å². The normalized spacial score (nSPS) is 11.9. The van der Waals surface area contributed by atoms with Crippen molar-refractivity contribution in [3.63, 3.8) is 0 Å². The highest BCUT2D eigenvalue weighted by Gasteiger charge is 2.26. The van der Waals surface area contributed by atoms with Gasteiger partial charge in [0, 0.05) is 11.3 Å². The number of aromatic nitrogens is 1. The van der Waals surface area contributed by atoms with Crippen molar-refractivity contribution in [3.8, 4) is 5.75 Å². The van der Waals surface area contributed by atoms with E-state index < -0.39 is 23.4 Å². The van der Waals surface area contributed by atoms with Crippen molar-refractivity contribution >= 4 is 22.8 Å². The van der Waals surface area contributed by atoms with Gasteiger partial charge in [-0.3, -0.25) is 9.59 Å². The van der Waals surface area contributed by atoms with Gasteiger partial charge >= 0.3 is 11.9 Å². The summed E-state index contributed by atoms with van der Waals surface area (Å²) in [6.07, 6.45) is -0.171. The minimum Gasteiger partial charge on any atom is -0.507 e. The van der Waals surface area contributed by atoms with Gasteiger partial charge < -0.3 is 19.9 Å². The molecule has 0 radical (unpaired) electrons. The molecule has 7 heteroatoms. The maximum atomic E-state index is 12.7. The van der Waals surface area contributed by atoms with E-state index in [4.69, 9.17) is 9.84 Å². The number of aromatic carboxylic acids is 1. The van der Waals surface area contributed by atoms with E-state index in [0.29, 0.717) is 16.5 Å². The van der Waals surface area contributed by atoms with E-state index in [1.165, 1.54) is 24.3 Å². The number of hydrogen-bond donors (Lipinski definition) is 3. The van der Waals surface area contributed by atoms with Crippen LogP contribution >= 0.6 is 0 Å². The van der Waals surface area contributed by atoms with Gasteiger partial charge in [0.15, 0.2) is 0 Å². The summed E-state index contributed by atoms with van der Waals surface area (Å²) in [4.78, 5) is 38.7. The summed E-state index contributed by atoms with van der Waals surface area (Å²) in [6.45, 7) is 1.86. The van der Waals surface area contributed by atoms with Gasteiger partial charge in [-0.15, -0.1) is 0 Å². The lowest BCUT2D eigenvalue weighted by Gasteiger charge is -2.19. The number of ether oxygens (including phenoxy) is 1. The van der Waals surface area contributed by atoms with Crippen LogP contribution in [0.3, 0.4) is 0 Å². The van der Waals surface area contributed by atoms with E-state index in [2.05, 4.69) is 4.98 Å². The molecule has 1 aromatic heterocycles. The molecule has 0 unspecified atom stereocenters. The second-order valence-electron chi connectivity index (χ2n) is 6.25. The number of aromatic hydroxyl groups is 1. The number of rotatable bonds is 6. The molecule has 0 spiro atoms. The summed E-state index contributed by atoms with van der Waals surface area (Å²) in [5.41, 5.74) is 0.594. The van der Waals surface area contributed by atoms with Crippen LogP contribution in [0, 0.1) is 0 Å². The van der Waals surface area contributed by atoms with Crippen molar-refractivity contribution in [2.45, 2.75) is 19.3 Å². The van der Waals surface area contributed by atoms with Crippen molar-refractivity contribution in [1.29, 1.82) is 0 Å². The molecule has 3 aromatic rings. The number of fused-ring (bicyclic) bond motifs is 1. The van der Waals surface area contributed by atoms with Crippen LogP contribution in [0.2, 0.25) is 0 Å². The first-order chi connectivity index (χ1) is 13.4. The second-order valence-corrected chi connectivity index (χ2v) is 6.25. The number of carbonyl (C=O) groups excluding carboxylic acids is 1. The molecule has 0 fully saturated rings. The SMILES string of the molecule is CCOC(=O)C[C@@H](c1ccc(C(=O)O)cc1)c1c(O)c2ccccc2[nH]c1=O. The topological polar surface area (TPSA) is 117 Å². The van der Waals surface area contributed by atoms with Gasteiger partial charge in [-0.05, 0) is 36.8 Å². The maximum absolute atomic E-state index is 12.7. The summed E-state index contributed by atoms with van der Waals surface area (Å²) in [5, 5.41) is 20.3. The number of aromatic amines is 1. The van der Waals surface area contributed by atoms with Crippen LogP contribution in [0.1, 0.15) is 40.7 Å². The number of carbonyl (C=O) groups is 2. The van der Waals surface area contributed by atoms with Gasteiger partial charge in [0.05, 0.1) is 29.7 Å². The Balaban J connectivity index is 2.16. The highest BCUT2D eigenvalue weighted by Crippen LogP contribution is 2.35. The Morgan fingerprint density at radius 1 is 1.11 bits per heavy atom. The molecule has 0 amide bonds.